The van der Waals surface area contributed by atoms with Crippen LogP contribution in [0.25, 0.3) is 10.2 Å². The Kier molecular flexibility index (Phi) is 6.55. The zero-order chi connectivity index (χ0) is 21.8. The number of halogens is 1. The van der Waals surface area contributed by atoms with Crippen LogP contribution in [-0.4, -0.2) is 33.5 Å². The summed E-state index contributed by atoms with van der Waals surface area (Å²) in [6.07, 6.45) is 0. The van der Waals surface area contributed by atoms with Crippen molar-refractivity contribution in [3.05, 3.63) is 72.0 Å². The van der Waals surface area contributed by atoms with Crippen molar-refractivity contribution in [1.29, 1.82) is 0 Å². The van der Waals surface area contributed by atoms with E-state index in [0.717, 1.165) is 28.4 Å². The summed E-state index contributed by atoms with van der Waals surface area (Å²) in [4.78, 5) is 37.7. The molecule has 0 aliphatic heterocycles. The summed E-state index contributed by atoms with van der Waals surface area (Å²) < 4.78 is 7.95. The lowest BCUT2D eigenvalue weighted by molar-refractivity contribution is -0.394. The third-order valence-corrected chi connectivity index (χ3v) is 5.35. The molecule has 10 nitrogen and oxygen atoms in total. The lowest BCUT2D eigenvalue weighted by Crippen LogP contribution is -2.19. The molecule has 30 heavy (non-hydrogen) atoms. The predicted octanol–water partition coefficient (Wildman–Crippen LogP) is 3.95. The molecule has 0 N–H and O–H groups in total. The number of non-ortho nitro benzene ring substituents is 2. The Labute approximate surface area is 178 Å². The minimum absolute atomic E-state index is 0.247. The molecule has 0 saturated heterocycles. The van der Waals surface area contributed by atoms with Gasteiger partial charge in [0, 0.05) is 30.3 Å². The van der Waals surface area contributed by atoms with Gasteiger partial charge in [-0.15, -0.1) is 0 Å². The van der Waals surface area contributed by atoms with Gasteiger partial charge in [-0.2, -0.15) is 4.99 Å². The number of hydrogen-bond donors (Lipinski definition) is 0. The van der Waals surface area contributed by atoms with Crippen LogP contribution in [0.15, 0.2) is 41.4 Å². The van der Waals surface area contributed by atoms with Crippen molar-refractivity contribution < 1.29 is 19.4 Å². The molecule has 0 radical (unpaired) electrons. The summed E-state index contributed by atoms with van der Waals surface area (Å²) in [6.45, 7) is 3.18. The standard InChI is InChI=1S/C18H15ClN4O6S/c1-2-29-6-5-21-15-4-3-12(19)9-16(15)30-18(21)20-17(24)11-7-13(22(25)26)10-14(8-11)23(27)28/h3-4,7-10H,2,5-6H2,1H3. The lowest BCUT2D eigenvalue weighted by Gasteiger charge is -2.05. The number of carbonyl (C=O) groups excluding carboxylic acids is 1. The Morgan fingerprint density at radius 3 is 2.43 bits per heavy atom. The van der Waals surface area contributed by atoms with E-state index in [2.05, 4.69) is 4.99 Å². The Hall–Kier alpha value is -3.15. The van der Waals surface area contributed by atoms with Crippen molar-refractivity contribution in [3.8, 4) is 0 Å². The number of hydrogen-bond acceptors (Lipinski definition) is 7. The summed E-state index contributed by atoms with van der Waals surface area (Å²) >= 11 is 7.26. The van der Waals surface area contributed by atoms with Crippen LogP contribution >= 0.6 is 22.9 Å². The van der Waals surface area contributed by atoms with E-state index in [1.54, 1.807) is 22.8 Å². The van der Waals surface area contributed by atoms with Gasteiger partial charge < -0.3 is 9.30 Å². The number of ether oxygens (including phenoxy) is 1. The number of aromatic nitrogens is 1. The Bertz CT molecular complexity index is 1190. The van der Waals surface area contributed by atoms with Crippen molar-refractivity contribution in [2.24, 2.45) is 4.99 Å². The SMILES string of the molecule is CCOCCn1c(=NC(=O)c2cc([N+](=O)[O-])cc([N+](=O)[O-])c2)sc2cc(Cl)ccc21. The predicted molar refractivity (Wildman–Crippen MR) is 111 cm³/mol. The smallest absolute Gasteiger partial charge is 0.280 e. The number of nitrogens with zero attached hydrogens (tertiary/aromatic N) is 4. The number of carbonyl (C=O) groups is 1. The van der Waals surface area contributed by atoms with Crippen molar-refractivity contribution in [2.75, 3.05) is 13.2 Å². The van der Waals surface area contributed by atoms with Gasteiger partial charge in [-0.3, -0.25) is 25.0 Å². The van der Waals surface area contributed by atoms with Gasteiger partial charge >= 0.3 is 0 Å². The molecule has 0 atom stereocenters. The van der Waals surface area contributed by atoms with Crippen LogP contribution in [0.1, 0.15) is 17.3 Å². The first-order chi connectivity index (χ1) is 14.3. The van der Waals surface area contributed by atoms with Crippen LogP contribution in [0.5, 0.6) is 0 Å². The number of fused-ring (bicyclic) bond motifs is 1. The van der Waals surface area contributed by atoms with Gasteiger partial charge in [0.05, 0.1) is 38.3 Å². The number of benzene rings is 2. The summed E-state index contributed by atoms with van der Waals surface area (Å²) in [7, 11) is 0. The molecular weight excluding hydrogens is 436 g/mol. The quantitative estimate of drug-likeness (QED) is 0.304. The highest BCUT2D eigenvalue weighted by atomic mass is 35.5. The molecule has 12 heteroatoms. The Morgan fingerprint density at radius 2 is 1.83 bits per heavy atom. The van der Waals surface area contributed by atoms with Crippen molar-refractivity contribution in [3.63, 3.8) is 0 Å². The van der Waals surface area contributed by atoms with Gasteiger partial charge in [-0.05, 0) is 25.1 Å². The third kappa shape index (κ3) is 4.70. The minimum Gasteiger partial charge on any atom is -0.380 e. The van der Waals surface area contributed by atoms with E-state index in [9.17, 15) is 25.0 Å². The molecule has 3 aromatic rings. The number of nitro groups is 2. The van der Waals surface area contributed by atoms with Crippen molar-refractivity contribution >= 4 is 50.4 Å². The Balaban J connectivity index is 2.11. The van der Waals surface area contributed by atoms with Crippen LogP contribution in [-0.2, 0) is 11.3 Å². The van der Waals surface area contributed by atoms with E-state index >= 15 is 0 Å². The third-order valence-electron chi connectivity index (χ3n) is 4.08. The van der Waals surface area contributed by atoms with E-state index in [4.69, 9.17) is 16.3 Å². The van der Waals surface area contributed by atoms with E-state index in [-0.39, 0.29) is 5.56 Å². The summed E-state index contributed by atoms with van der Waals surface area (Å²) in [6, 6.07) is 7.97. The molecule has 2 aromatic carbocycles. The van der Waals surface area contributed by atoms with Gasteiger partial charge in [0.2, 0.25) is 0 Å². The summed E-state index contributed by atoms with van der Waals surface area (Å²) in [5, 5.41) is 22.7. The Morgan fingerprint density at radius 1 is 1.17 bits per heavy atom. The number of nitro benzene ring substituents is 2. The highest BCUT2D eigenvalue weighted by Gasteiger charge is 2.20. The van der Waals surface area contributed by atoms with Crippen LogP contribution in [0, 0.1) is 20.2 Å². The second kappa shape index (κ2) is 9.11. The fourth-order valence-corrected chi connectivity index (χ4v) is 4.06. The molecule has 0 saturated carbocycles. The van der Waals surface area contributed by atoms with Gasteiger partial charge in [0.1, 0.15) is 0 Å². The second-order valence-corrected chi connectivity index (χ2v) is 7.46. The highest BCUT2D eigenvalue weighted by Crippen LogP contribution is 2.24. The summed E-state index contributed by atoms with van der Waals surface area (Å²) in [5.41, 5.74) is -0.575. The maximum absolute atomic E-state index is 12.7. The zero-order valence-electron chi connectivity index (χ0n) is 15.6. The fraction of sp³-hybridized carbons (Fsp3) is 0.222. The first kappa shape index (κ1) is 21.6. The molecule has 1 aromatic heterocycles. The van der Waals surface area contributed by atoms with Crippen LogP contribution in [0.3, 0.4) is 0 Å². The maximum atomic E-state index is 12.7. The molecule has 0 spiro atoms. The second-order valence-electron chi connectivity index (χ2n) is 6.01. The average molecular weight is 451 g/mol. The average Bonchev–Trinajstić information content (AvgIpc) is 3.03. The minimum atomic E-state index is -0.829. The van der Waals surface area contributed by atoms with E-state index in [1.807, 2.05) is 6.92 Å². The molecule has 0 fully saturated rings. The molecule has 1 heterocycles. The molecular formula is C18H15ClN4O6S. The van der Waals surface area contributed by atoms with E-state index < -0.39 is 27.1 Å². The molecule has 0 aliphatic rings. The molecule has 1 amide bonds. The zero-order valence-corrected chi connectivity index (χ0v) is 17.2. The van der Waals surface area contributed by atoms with Crippen LogP contribution in [0.2, 0.25) is 5.02 Å². The van der Waals surface area contributed by atoms with Crippen molar-refractivity contribution in [1.82, 2.24) is 4.57 Å². The van der Waals surface area contributed by atoms with Crippen LogP contribution < -0.4 is 4.80 Å². The van der Waals surface area contributed by atoms with Gasteiger partial charge in [-0.25, -0.2) is 0 Å². The topological polar surface area (TPSA) is 130 Å². The molecule has 3 rings (SSSR count). The normalized spacial score (nSPS) is 11.7. The van der Waals surface area contributed by atoms with Crippen molar-refractivity contribution in [2.45, 2.75) is 13.5 Å². The fourth-order valence-electron chi connectivity index (χ4n) is 2.73. The first-order valence-electron chi connectivity index (χ1n) is 8.69. The molecule has 0 bridgehead atoms. The summed E-state index contributed by atoms with van der Waals surface area (Å²) in [5.74, 6) is -0.829. The number of thiazole rings is 1. The van der Waals surface area contributed by atoms with Gasteiger partial charge in [-0.1, -0.05) is 22.9 Å². The largest absolute Gasteiger partial charge is 0.380 e. The lowest BCUT2D eigenvalue weighted by atomic mass is 10.1. The van der Waals surface area contributed by atoms with E-state index in [0.29, 0.717) is 29.6 Å². The maximum Gasteiger partial charge on any atom is 0.280 e. The van der Waals surface area contributed by atoms with Gasteiger partial charge in [0.15, 0.2) is 4.80 Å². The van der Waals surface area contributed by atoms with Crippen LogP contribution in [0.4, 0.5) is 11.4 Å². The first-order valence-corrected chi connectivity index (χ1v) is 9.89. The van der Waals surface area contributed by atoms with E-state index in [1.165, 1.54) is 11.3 Å². The molecule has 156 valence electrons. The monoisotopic (exact) mass is 450 g/mol. The molecule has 0 aliphatic carbocycles. The molecule has 0 unspecified atom stereocenters. The highest BCUT2D eigenvalue weighted by molar-refractivity contribution is 7.16. The number of rotatable bonds is 7. The van der Waals surface area contributed by atoms with Gasteiger partial charge in [0.25, 0.3) is 17.3 Å². The number of amides is 1.